The van der Waals surface area contributed by atoms with E-state index in [0.29, 0.717) is 24.7 Å². The van der Waals surface area contributed by atoms with Crippen molar-refractivity contribution in [3.05, 3.63) is 53.7 Å². The molecule has 1 amide bonds. The number of carboxylic acid groups (broad SMARTS) is 2. The van der Waals surface area contributed by atoms with Crippen LogP contribution in [0, 0.1) is 12.8 Å². The molecule has 2 aromatic heterocycles. The van der Waals surface area contributed by atoms with Gasteiger partial charge in [-0.1, -0.05) is 6.07 Å². The Bertz CT molecular complexity index is 1130. The van der Waals surface area contributed by atoms with Crippen molar-refractivity contribution in [3.8, 4) is 0 Å². The van der Waals surface area contributed by atoms with Gasteiger partial charge in [-0.05, 0) is 51.1 Å². The number of hydrogen-bond donors (Lipinski definition) is 2. The molecule has 2 fully saturated rings. The van der Waals surface area contributed by atoms with E-state index in [4.69, 9.17) is 29.0 Å². The Morgan fingerprint density at radius 2 is 1.63 bits per heavy atom. The van der Waals surface area contributed by atoms with Crippen molar-refractivity contribution < 1.29 is 60.1 Å². The second-order valence-corrected chi connectivity index (χ2v) is 9.28. The van der Waals surface area contributed by atoms with E-state index < -0.39 is 24.3 Å². The third-order valence-electron chi connectivity index (χ3n) is 6.17. The Morgan fingerprint density at radius 1 is 1.02 bits per heavy atom. The summed E-state index contributed by atoms with van der Waals surface area (Å²) in [4.78, 5) is 39.5. The number of rotatable bonds is 4. The lowest BCUT2D eigenvalue weighted by Gasteiger charge is -2.48. The summed E-state index contributed by atoms with van der Waals surface area (Å²) in [5.41, 5.74) is 1.39. The van der Waals surface area contributed by atoms with Crippen LogP contribution in [0.2, 0.25) is 0 Å². The fraction of sp³-hybridized carbons (Fsp3) is 0.520. The molecule has 0 aliphatic carbocycles. The monoisotopic (exact) mass is 597 g/mol. The Morgan fingerprint density at radius 3 is 2.15 bits per heavy atom. The van der Waals surface area contributed by atoms with E-state index in [1.807, 2.05) is 36.1 Å². The molecule has 0 radical (unpaired) electrons. The number of aromatic nitrogens is 1. The van der Waals surface area contributed by atoms with Crippen LogP contribution >= 0.6 is 0 Å². The zero-order chi connectivity index (χ0) is 31.0. The third-order valence-corrected chi connectivity index (χ3v) is 6.17. The van der Waals surface area contributed by atoms with Gasteiger partial charge in [0.05, 0.1) is 25.0 Å². The quantitative estimate of drug-likeness (QED) is 0.502. The zero-order valence-electron chi connectivity index (χ0n) is 22.0. The molecule has 0 spiro atoms. The van der Waals surface area contributed by atoms with E-state index in [-0.39, 0.29) is 18.1 Å². The molecule has 2 saturated heterocycles. The number of fused-ring (bicyclic) bond motifs is 1. The smallest absolute Gasteiger partial charge is 0.475 e. The second-order valence-electron chi connectivity index (χ2n) is 9.28. The summed E-state index contributed by atoms with van der Waals surface area (Å²) in [6, 6.07) is 9.65. The number of likely N-dealkylation sites (N-methyl/N-ethyl adjacent to an activating group) is 1. The number of amides is 1. The molecule has 2 aliphatic rings. The van der Waals surface area contributed by atoms with E-state index >= 15 is 0 Å². The normalized spacial score (nSPS) is 20.6. The SMILES string of the molecule is Cc1cccc(C(=O)N2C[C@@H]3CCCO[C@@H]3[C@H](N(C)Cc3ccco3)C2)n1.O=C(O)C(F)(F)F.O=C(O)C(F)(F)F. The first kappa shape index (κ1) is 33.5. The molecule has 3 atom stereocenters. The maximum Gasteiger partial charge on any atom is 0.490 e. The lowest BCUT2D eigenvalue weighted by Crippen LogP contribution is -2.61. The van der Waals surface area contributed by atoms with E-state index in [1.165, 1.54) is 0 Å². The third kappa shape index (κ3) is 10.4. The molecule has 4 rings (SSSR count). The van der Waals surface area contributed by atoms with Crippen LogP contribution in [-0.2, 0) is 20.9 Å². The number of carbonyl (C=O) groups excluding carboxylic acids is 1. The predicted octanol–water partition coefficient (Wildman–Crippen LogP) is 4.00. The Kier molecular flexibility index (Phi) is 11.7. The number of alkyl halides is 6. The number of hydrogen-bond acceptors (Lipinski definition) is 7. The average Bonchev–Trinajstić information content (AvgIpc) is 3.40. The highest BCUT2D eigenvalue weighted by Gasteiger charge is 2.43. The van der Waals surface area contributed by atoms with Gasteiger partial charge in [0.25, 0.3) is 5.91 Å². The number of likely N-dealkylation sites (tertiary alicyclic amines) is 1. The minimum atomic E-state index is -5.08. The van der Waals surface area contributed by atoms with Crippen LogP contribution in [0.15, 0.2) is 41.0 Å². The van der Waals surface area contributed by atoms with Crippen LogP contribution in [0.1, 0.15) is 34.8 Å². The summed E-state index contributed by atoms with van der Waals surface area (Å²) in [5.74, 6) is -4.21. The van der Waals surface area contributed by atoms with Crippen molar-refractivity contribution in [1.82, 2.24) is 14.8 Å². The first-order valence-electron chi connectivity index (χ1n) is 12.2. The number of aryl methyl sites for hydroxylation is 1. The van der Waals surface area contributed by atoms with Gasteiger partial charge < -0.3 is 24.3 Å². The average molecular weight is 598 g/mol. The molecule has 0 unspecified atom stereocenters. The number of piperidine rings is 1. The number of halogens is 6. The molecular formula is C25H29F6N3O7. The maximum absolute atomic E-state index is 13.1. The van der Waals surface area contributed by atoms with Gasteiger partial charge in [-0.2, -0.15) is 26.3 Å². The van der Waals surface area contributed by atoms with E-state index in [2.05, 4.69) is 16.9 Å². The summed E-state index contributed by atoms with van der Waals surface area (Å²) < 4.78 is 75.1. The van der Waals surface area contributed by atoms with Crippen LogP contribution in [0.5, 0.6) is 0 Å². The Hall–Kier alpha value is -3.66. The van der Waals surface area contributed by atoms with Crippen molar-refractivity contribution in [2.75, 3.05) is 26.7 Å². The largest absolute Gasteiger partial charge is 0.490 e. The summed E-state index contributed by atoms with van der Waals surface area (Å²) in [6.07, 6.45) is -6.15. The highest BCUT2D eigenvalue weighted by Crippen LogP contribution is 2.32. The lowest BCUT2D eigenvalue weighted by atomic mass is 9.84. The first-order chi connectivity index (χ1) is 19.0. The van der Waals surface area contributed by atoms with Gasteiger partial charge in [0, 0.05) is 31.3 Å². The molecule has 0 aromatic carbocycles. The zero-order valence-corrected chi connectivity index (χ0v) is 22.0. The van der Waals surface area contributed by atoms with Gasteiger partial charge >= 0.3 is 24.3 Å². The van der Waals surface area contributed by atoms with Gasteiger partial charge in [0.1, 0.15) is 11.5 Å². The molecule has 0 bridgehead atoms. The molecule has 0 saturated carbocycles. The van der Waals surface area contributed by atoms with Gasteiger partial charge in [0.15, 0.2) is 0 Å². The van der Waals surface area contributed by atoms with E-state index in [9.17, 15) is 31.1 Å². The van der Waals surface area contributed by atoms with Crippen LogP contribution in [0.25, 0.3) is 0 Å². The van der Waals surface area contributed by atoms with Crippen molar-refractivity contribution >= 4 is 17.8 Å². The molecule has 228 valence electrons. The number of carboxylic acids is 2. The molecule has 4 heterocycles. The van der Waals surface area contributed by atoms with Crippen LogP contribution in [0.3, 0.4) is 0 Å². The van der Waals surface area contributed by atoms with Crippen LogP contribution in [-0.4, -0.2) is 94.1 Å². The predicted molar refractivity (Wildman–Crippen MR) is 129 cm³/mol. The number of ether oxygens (including phenoxy) is 1. The van der Waals surface area contributed by atoms with Crippen molar-refractivity contribution in [3.63, 3.8) is 0 Å². The molecule has 2 aromatic rings. The molecular weight excluding hydrogens is 568 g/mol. The summed E-state index contributed by atoms with van der Waals surface area (Å²) in [6.45, 7) is 4.81. The number of carbonyl (C=O) groups is 3. The Balaban J connectivity index is 0.000000349. The fourth-order valence-corrected chi connectivity index (χ4v) is 4.32. The highest BCUT2D eigenvalue weighted by atomic mass is 19.4. The number of pyridine rings is 1. The van der Waals surface area contributed by atoms with Crippen molar-refractivity contribution in [2.45, 2.75) is 50.8 Å². The van der Waals surface area contributed by atoms with Crippen molar-refractivity contribution in [1.29, 1.82) is 0 Å². The minimum Gasteiger partial charge on any atom is -0.475 e. The summed E-state index contributed by atoms with van der Waals surface area (Å²) >= 11 is 0. The van der Waals surface area contributed by atoms with Gasteiger partial charge in [0.2, 0.25) is 0 Å². The molecule has 16 heteroatoms. The molecule has 10 nitrogen and oxygen atoms in total. The topological polar surface area (TPSA) is 133 Å². The number of aliphatic carboxylic acids is 2. The van der Waals surface area contributed by atoms with Crippen LogP contribution < -0.4 is 0 Å². The molecule has 41 heavy (non-hydrogen) atoms. The van der Waals surface area contributed by atoms with Gasteiger partial charge in [-0.25, -0.2) is 14.6 Å². The molecule has 2 aliphatic heterocycles. The highest BCUT2D eigenvalue weighted by molar-refractivity contribution is 5.92. The minimum absolute atomic E-state index is 0.0131. The molecule has 2 N–H and O–H groups in total. The lowest BCUT2D eigenvalue weighted by molar-refractivity contribution is -0.193. The maximum atomic E-state index is 13.1. The van der Waals surface area contributed by atoms with Crippen LogP contribution in [0.4, 0.5) is 26.3 Å². The second kappa shape index (κ2) is 14.3. The number of furan rings is 1. The van der Waals surface area contributed by atoms with Gasteiger partial charge in [-0.3, -0.25) is 9.69 Å². The summed E-state index contributed by atoms with van der Waals surface area (Å²) in [5, 5.41) is 14.2. The van der Waals surface area contributed by atoms with Crippen molar-refractivity contribution in [2.24, 2.45) is 5.92 Å². The summed E-state index contributed by atoms with van der Waals surface area (Å²) in [7, 11) is 2.08. The Labute approximate surface area is 230 Å². The fourth-order valence-electron chi connectivity index (χ4n) is 4.32. The van der Waals surface area contributed by atoms with E-state index in [1.54, 1.807) is 12.3 Å². The van der Waals surface area contributed by atoms with E-state index in [0.717, 1.165) is 37.4 Å². The number of nitrogens with zero attached hydrogens (tertiary/aromatic N) is 3. The van der Waals surface area contributed by atoms with Gasteiger partial charge in [-0.15, -0.1) is 0 Å². The standard InChI is InChI=1S/C21H27N3O3.2C2HF3O2/c1-15-6-3-9-18(22-15)21(25)24-12-16-7-4-11-27-20(16)19(14-24)23(2)13-17-8-5-10-26-17;2*3-2(4,5)1(6)7/h3,5-6,8-10,16,19-20H,4,7,11-14H2,1-2H3;2*(H,6,7)/t16-,19+,20-;;/m0../s1. The first-order valence-corrected chi connectivity index (χ1v) is 12.2.